The van der Waals surface area contributed by atoms with Crippen molar-refractivity contribution in [3.05, 3.63) is 66.5 Å². The van der Waals surface area contributed by atoms with Crippen molar-refractivity contribution in [2.24, 2.45) is 0 Å². The lowest BCUT2D eigenvalue weighted by molar-refractivity contribution is -0.120. The molecule has 0 saturated carbocycles. The third-order valence-electron chi connectivity index (χ3n) is 5.54. The van der Waals surface area contributed by atoms with Crippen LogP contribution < -0.4 is 10.1 Å². The van der Waals surface area contributed by atoms with E-state index in [1.165, 1.54) is 0 Å². The first-order valence-corrected chi connectivity index (χ1v) is 11.6. The van der Waals surface area contributed by atoms with Gasteiger partial charge < -0.3 is 10.1 Å². The van der Waals surface area contributed by atoms with Crippen LogP contribution >= 0.6 is 11.8 Å². The highest BCUT2D eigenvalue weighted by molar-refractivity contribution is 7.98. The molecule has 1 amide bonds. The van der Waals surface area contributed by atoms with E-state index >= 15 is 0 Å². The number of aromatic nitrogens is 4. The summed E-state index contributed by atoms with van der Waals surface area (Å²) in [7, 11) is 1.66. The third-order valence-corrected chi connectivity index (χ3v) is 6.26. The number of amides is 1. The van der Waals surface area contributed by atoms with E-state index in [4.69, 9.17) is 4.74 Å². The maximum atomic E-state index is 13.2. The number of carbonyl (C=O) groups excluding carboxylic acids is 1. The minimum Gasteiger partial charge on any atom is -0.496 e. The van der Waals surface area contributed by atoms with Crippen LogP contribution in [0.4, 0.5) is 5.69 Å². The number of nitrogens with one attached hydrogen (secondary N) is 1. The molecule has 0 bridgehead atoms. The van der Waals surface area contributed by atoms with Crippen molar-refractivity contribution in [3.8, 4) is 5.75 Å². The highest BCUT2D eigenvalue weighted by atomic mass is 32.2. The number of thioether (sulfide) groups is 1. The number of carbonyl (C=O) groups is 1. The predicted octanol–water partition coefficient (Wildman–Crippen LogP) is 3.37. The van der Waals surface area contributed by atoms with Gasteiger partial charge in [-0.1, -0.05) is 36.4 Å². The van der Waals surface area contributed by atoms with Crippen molar-refractivity contribution < 1.29 is 9.53 Å². The molecule has 2 heterocycles. The topological polar surface area (TPSA) is 85.2 Å². The Labute approximate surface area is 191 Å². The van der Waals surface area contributed by atoms with Gasteiger partial charge >= 0.3 is 0 Å². The summed E-state index contributed by atoms with van der Waals surface area (Å²) in [5.41, 5.74) is 1.80. The minimum atomic E-state index is -0.288. The number of likely N-dealkylation sites (tertiary alicyclic amines) is 1. The Kier molecular flexibility index (Phi) is 7.18. The summed E-state index contributed by atoms with van der Waals surface area (Å²) in [5.74, 6) is 0.796. The third kappa shape index (κ3) is 5.17. The Morgan fingerprint density at radius 3 is 2.94 bits per heavy atom. The summed E-state index contributed by atoms with van der Waals surface area (Å²) < 4.78 is 7.16. The van der Waals surface area contributed by atoms with Gasteiger partial charge in [0.2, 0.25) is 5.91 Å². The average Bonchev–Trinajstić information content (AvgIpc) is 3.50. The number of hydrogen-bond acceptors (Lipinski definition) is 7. The SMILES string of the molecule is COc1ccccc1C=CCN1C[C@@H](n2cnnn2)C[C@H]1C(=O)Nc1cccc(SC)c1. The van der Waals surface area contributed by atoms with Crippen molar-refractivity contribution >= 4 is 29.4 Å². The van der Waals surface area contributed by atoms with E-state index in [2.05, 4.69) is 31.8 Å². The molecule has 2 atom stereocenters. The van der Waals surface area contributed by atoms with E-state index in [0.717, 1.165) is 21.9 Å². The zero-order chi connectivity index (χ0) is 22.3. The molecular formula is C23H26N6O2S. The lowest BCUT2D eigenvalue weighted by atomic mass is 10.1. The van der Waals surface area contributed by atoms with Gasteiger partial charge in [-0.25, -0.2) is 4.68 Å². The molecule has 8 nitrogen and oxygen atoms in total. The monoisotopic (exact) mass is 450 g/mol. The van der Waals surface area contributed by atoms with Crippen LogP contribution in [0, 0.1) is 0 Å². The highest BCUT2D eigenvalue weighted by Crippen LogP contribution is 2.28. The molecular weight excluding hydrogens is 424 g/mol. The Bertz CT molecular complexity index is 1070. The summed E-state index contributed by atoms with van der Waals surface area (Å²) in [6, 6.07) is 15.5. The van der Waals surface area contributed by atoms with Crippen molar-refractivity contribution in [2.45, 2.75) is 23.4 Å². The Hall–Kier alpha value is -3.17. The van der Waals surface area contributed by atoms with Crippen LogP contribution in [0.25, 0.3) is 6.08 Å². The molecule has 3 aromatic rings. The van der Waals surface area contributed by atoms with Crippen LogP contribution in [0.5, 0.6) is 5.75 Å². The lowest BCUT2D eigenvalue weighted by Gasteiger charge is -2.22. The molecule has 0 aliphatic carbocycles. The fourth-order valence-electron chi connectivity index (χ4n) is 3.93. The molecule has 9 heteroatoms. The minimum absolute atomic E-state index is 0.0236. The van der Waals surface area contributed by atoms with Crippen LogP contribution in [-0.4, -0.2) is 63.5 Å². The fraction of sp³-hybridized carbons (Fsp3) is 0.304. The van der Waals surface area contributed by atoms with Gasteiger partial charge in [-0.2, -0.15) is 0 Å². The largest absolute Gasteiger partial charge is 0.496 e. The molecule has 1 aliphatic heterocycles. The van der Waals surface area contributed by atoms with Crippen LogP contribution in [0.15, 0.2) is 65.8 Å². The molecule has 2 aromatic carbocycles. The predicted molar refractivity (Wildman–Crippen MR) is 126 cm³/mol. The van der Waals surface area contributed by atoms with Crippen LogP contribution in [-0.2, 0) is 4.79 Å². The number of benzene rings is 2. The molecule has 0 unspecified atom stereocenters. The van der Waals surface area contributed by atoms with Gasteiger partial charge in [-0.15, -0.1) is 16.9 Å². The van der Waals surface area contributed by atoms with Crippen LogP contribution in [0.1, 0.15) is 18.0 Å². The van der Waals surface area contributed by atoms with Crippen LogP contribution in [0.2, 0.25) is 0 Å². The van der Waals surface area contributed by atoms with Gasteiger partial charge in [-0.05, 0) is 47.4 Å². The van der Waals surface area contributed by atoms with Gasteiger partial charge in [0.25, 0.3) is 0 Å². The number of hydrogen-bond donors (Lipinski definition) is 1. The molecule has 0 spiro atoms. The molecule has 1 fully saturated rings. The van der Waals surface area contributed by atoms with Gasteiger partial charge in [0.1, 0.15) is 12.1 Å². The standard InChI is InChI=1S/C23H26N6O2S/c1-31-22-11-4-3-7-17(22)8-6-12-28-15-19(29-16-24-26-27-29)14-21(28)23(30)25-18-9-5-10-20(13-18)32-2/h3-11,13,16,19,21H,12,14-15H2,1-2H3,(H,25,30)/t19-,21-/m0/s1. The number of tetrazole rings is 1. The second-order valence-electron chi connectivity index (χ2n) is 7.51. The van der Waals surface area contributed by atoms with E-state index < -0.39 is 0 Å². The first-order valence-electron chi connectivity index (χ1n) is 10.4. The van der Waals surface area contributed by atoms with Gasteiger partial charge in [0.05, 0.1) is 19.2 Å². The number of anilines is 1. The second kappa shape index (κ2) is 10.4. The van der Waals surface area contributed by atoms with Crippen LogP contribution in [0.3, 0.4) is 0 Å². The zero-order valence-corrected chi connectivity index (χ0v) is 18.9. The van der Waals surface area contributed by atoms with Gasteiger partial charge in [0, 0.05) is 29.2 Å². The molecule has 1 N–H and O–H groups in total. The average molecular weight is 451 g/mol. The summed E-state index contributed by atoms with van der Waals surface area (Å²) in [6.07, 6.45) is 8.36. The number of nitrogens with zero attached hydrogens (tertiary/aromatic N) is 5. The lowest BCUT2D eigenvalue weighted by Crippen LogP contribution is -2.39. The fourth-order valence-corrected chi connectivity index (χ4v) is 4.39. The molecule has 1 saturated heterocycles. The van der Waals surface area contributed by atoms with E-state index in [0.29, 0.717) is 19.5 Å². The molecule has 32 heavy (non-hydrogen) atoms. The van der Waals surface area contributed by atoms with E-state index in [9.17, 15) is 4.79 Å². The summed E-state index contributed by atoms with van der Waals surface area (Å²) >= 11 is 1.65. The molecule has 0 radical (unpaired) electrons. The number of ether oxygens (including phenoxy) is 1. The van der Waals surface area contributed by atoms with Crippen molar-refractivity contribution in [1.29, 1.82) is 0 Å². The maximum Gasteiger partial charge on any atom is 0.241 e. The van der Waals surface area contributed by atoms with E-state index in [-0.39, 0.29) is 18.0 Å². The van der Waals surface area contributed by atoms with E-state index in [1.54, 1.807) is 29.9 Å². The van der Waals surface area contributed by atoms with Gasteiger partial charge in [0.15, 0.2) is 0 Å². The molecule has 1 aromatic heterocycles. The van der Waals surface area contributed by atoms with Crippen molar-refractivity contribution in [2.75, 3.05) is 31.8 Å². The number of para-hydroxylation sites is 1. The Morgan fingerprint density at radius 1 is 1.28 bits per heavy atom. The first kappa shape index (κ1) is 22.0. The van der Waals surface area contributed by atoms with Crippen molar-refractivity contribution in [3.63, 3.8) is 0 Å². The van der Waals surface area contributed by atoms with Gasteiger partial charge in [-0.3, -0.25) is 9.69 Å². The summed E-state index contributed by atoms with van der Waals surface area (Å²) in [6.45, 7) is 1.31. The molecule has 1 aliphatic rings. The zero-order valence-electron chi connectivity index (χ0n) is 18.1. The quantitative estimate of drug-likeness (QED) is 0.527. The summed E-state index contributed by atoms with van der Waals surface area (Å²) in [4.78, 5) is 16.5. The summed E-state index contributed by atoms with van der Waals surface area (Å²) in [5, 5.41) is 14.6. The highest BCUT2D eigenvalue weighted by Gasteiger charge is 2.37. The molecule has 166 valence electrons. The first-order chi connectivity index (χ1) is 15.7. The Morgan fingerprint density at radius 2 is 2.16 bits per heavy atom. The second-order valence-corrected chi connectivity index (χ2v) is 8.39. The number of methoxy groups -OCH3 is 1. The number of rotatable bonds is 8. The molecule has 4 rings (SSSR count). The van der Waals surface area contributed by atoms with Crippen molar-refractivity contribution in [1.82, 2.24) is 25.1 Å². The van der Waals surface area contributed by atoms with E-state index in [1.807, 2.05) is 60.9 Å². The smallest absolute Gasteiger partial charge is 0.241 e. The Balaban J connectivity index is 1.49. The maximum absolute atomic E-state index is 13.2. The normalized spacial score (nSPS) is 18.8.